The maximum absolute atomic E-state index is 2.44. The summed E-state index contributed by atoms with van der Waals surface area (Å²) in [4.78, 5) is 0. The van der Waals surface area contributed by atoms with Crippen LogP contribution in [0.4, 0.5) is 0 Å². The molecule has 56 heavy (non-hydrogen) atoms. The van der Waals surface area contributed by atoms with E-state index in [-0.39, 0.29) is 0 Å². The zero-order valence-corrected chi connectivity index (χ0v) is 30.8. The predicted octanol–water partition coefficient (Wildman–Crippen LogP) is 15.8. The molecule has 0 N–H and O–H groups in total. The summed E-state index contributed by atoms with van der Waals surface area (Å²) in [6, 6.07) is 80.5. The van der Waals surface area contributed by atoms with Gasteiger partial charge in [-0.15, -0.1) is 0 Å². The molecule has 11 rings (SSSR count). The van der Waals surface area contributed by atoms with Gasteiger partial charge in [0.2, 0.25) is 0 Å². The lowest BCUT2D eigenvalue weighted by molar-refractivity contribution is 1.63. The molecule has 0 aliphatic rings. The third-order valence-corrected chi connectivity index (χ3v) is 11.6. The zero-order chi connectivity index (χ0) is 37.0. The first-order chi connectivity index (χ1) is 27.8. The average molecular weight is 709 g/mol. The van der Waals surface area contributed by atoms with Crippen LogP contribution < -0.4 is 0 Å². The van der Waals surface area contributed by atoms with Gasteiger partial charge in [0.25, 0.3) is 0 Å². The lowest BCUT2D eigenvalue weighted by Gasteiger charge is -2.21. The molecule has 0 aliphatic heterocycles. The Labute approximate surface area is 326 Å². The molecule has 0 amide bonds. The van der Waals surface area contributed by atoms with Gasteiger partial charge >= 0.3 is 0 Å². The second-order valence-electron chi connectivity index (χ2n) is 14.8. The van der Waals surface area contributed by atoms with Crippen LogP contribution in [0.25, 0.3) is 109 Å². The lowest BCUT2D eigenvalue weighted by Crippen LogP contribution is -1.94. The van der Waals surface area contributed by atoms with Crippen LogP contribution in [0.5, 0.6) is 0 Å². The highest BCUT2D eigenvalue weighted by Gasteiger charge is 2.21. The minimum Gasteiger partial charge on any atom is -0.0622 e. The summed E-state index contributed by atoms with van der Waals surface area (Å²) < 4.78 is 0. The van der Waals surface area contributed by atoms with Crippen LogP contribution in [-0.2, 0) is 0 Å². The van der Waals surface area contributed by atoms with Crippen molar-refractivity contribution < 1.29 is 0 Å². The number of benzene rings is 11. The molecule has 0 atom stereocenters. The maximum atomic E-state index is 2.44. The Hall–Kier alpha value is -7.28. The van der Waals surface area contributed by atoms with Gasteiger partial charge in [-0.3, -0.25) is 0 Å². The predicted molar refractivity (Wildman–Crippen MR) is 241 cm³/mol. The molecule has 0 heterocycles. The highest BCUT2D eigenvalue weighted by Crippen LogP contribution is 2.49. The van der Waals surface area contributed by atoms with Crippen LogP contribution in [0.3, 0.4) is 0 Å². The van der Waals surface area contributed by atoms with Crippen LogP contribution in [0.15, 0.2) is 218 Å². The molecule has 0 saturated heterocycles. The van der Waals surface area contributed by atoms with E-state index >= 15 is 0 Å². The molecule has 0 fully saturated rings. The number of hydrogen-bond donors (Lipinski definition) is 0. The van der Waals surface area contributed by atoms with Crippen molar-refractivity contribution in [3.05, 3.63) is 218 Å². The van der Waals surface area contributed by atoms with Crippen LogP contribution >= 0.6 is 0 Å². The Balaban J connectivity index is 1.28. The van der Waals surface area contributed by atoms with Crippen molar-refractivity contribution in [3.8, 4) is 55.6 Å². The van der Waals surface area contributed by atoms with Crippen molar-refractivity contribution in [1.82, 2.24) is 0 Å². The quantitative estimate of drug-likeness (QED) is 0.156. The molecule has 260 valence electrons. The highest BCUT2D eigenvalue weighted by atomic mass is 14.2. The molecule has 11 aromatic rings. The Kier molecular flexibility index (Phi) is 7.60. The molecule has 0 unspecified atom stereocenters. The molecule has 0 heteroatoms. The topological polar surface area (TPSA) is 0 Å². The van der Waals surface area contributed by atoms with Gasteiger partial charge in [-0.1, -0.05) is 200 Å². The molecule has 0 aromatic heterocycles. The molecule has 11 aromatic carbocycles. The van der Waals surface area contributed by atoms with E-state index in [1.165, 1.54) is 109 Å². The summed E-state index contributed by atoms with van der Waals surface area (Å²) in [6.07, 6.45) is 0. The van der Waals surface area contributed by atoms with Crippen molar-refractivity contribution in [2.24, 2.45) is 0 Å². The van der Waals surface area contributed by atoms with E-state index in [0.29, 0.717) is 0 Å². The SMILES string of the molecule is c1ccc(-c2ccc3c(-c4cccc5c(-c6ccc7ccccc7c6)cccc45)c4ccc(-c5ccccc5)cc4c(-c4cccc5ccccc45)c3c2)cc1. The molecule has 0 spiro atoms. The van der Waals surface area contributed by atoms with E-state index < -0.39 is 0 Å². The van der Waals surface area contributed by atoms with Crippen molar-refractivity contribution >= 4 is 53.9 Å². The third kappa shape index (κ3) is 5.30. The van der Waals surface area contributed by atoms with E-state index in [4.69, 9.17) is 0 Å². The normalized spacial score (nSPS) is 11.6. The Morgan fingerprint density at radius 3 is 1.29 bits per heavy atom. The fourth-order valence-corrected chi connectivity index (χ4v) is 9.01. The van der Waals surface area contributed by atoms with Gasteiger partial charge in [0.05, 0.1) is 0 Å². The van der Waals surface area contributed by atoms with Crippen molar-refractivity contribution in [2.45, 2.75) is 0 Å². The first-order valence-corrected chi connectivity index (χ1v) is 19.4. The Morgan fingerprint density at radius 2 is 0.625 bits per heavy atom. The van der Waals surface area contributed by atoms with Crippen LogP contribution in [0.1, 0.15) is 0 Å². The number of hydrogen-bond acceptors (Lipinski definition) is 0. The Morgan fingerprint density at radius 1 is 0.179 bits per heavy atom. The summed E-state index contributed by atoms with van der Waals surface area (Å²) in [7, 11) is 0. The lowest BCUT2D eigenvalue weighted by atomic mass is 9.81. The van der Waals surface area contributed by atoms with Gasteiger partial charge in [-0.2, -0.15) is 0 Å². The smallest absolute Gasteiger partial charge is 0.00197 e. The van der Waals surface area contributed by atoms with E-state index in [2.05, 4.69) is 218 Å². The highest BCUT2D eigenvalue weighted by molar-refractivity contribution is 6.26. The van der Waals surface area contributed by atoms with Gasteiger partial charge in [0.1, 0.15) is 0 Å². The van der Waals surface area contributed by atoms with Crippen molar-refractivity contribution in [3.63, 3.8) is 0 Å². The second kappa shape index (κ2) is 13.2. The van der Waals surface area contributed by atoms with Gasteiger partial charge in [-0.25, -0.2) is 0 Å². The first-order valence-electron chi connectivity index (χ1n) is 19.4. The fraction of sp³-hybridized carbons (Fsp3) is 0. The molecular weight excluding hydrogens is 673 g/mol. The monoisotopic (exact) mass is 708 g/mol. The van der Waals surface area contributed by atoms with Crippen LogP contribution in [-0.4, -0.2) is 0 Å². The van der Waals surface area contributed by atoms with Gasteiger partial charge < -0.3 is 0 Å². The number of fused-ring (bicyclic) bond motifs is 5. The summed E-state index contributed by atoms with van der Waals surface area (Å²) in [5, 5.41) is 12.5. The zero-order valence-electron chi connectivity index (χ0n) is 30.8. The summed E-state index contributed by atoms with van der Waals surface area (Å²) in [5.74, 6) is 0. The fourth-order valence-electron chi connectivity index (χ4n) is 9.01. The summed E-state index contributed by atoms with van der Waals surface area (Å²) in [6.45, 7) is 0. The standard InChI is InChI=1S/C56H36/c1-3-14-37(15-4-1)42-30-32-51-53(35-42)56(49-26-11-21-40-19-9-10-22-45(40)49)54-36-43(38-16-5-2-6-17-38)31-33-52(54)55(51)50-27-13-24-47-46(23-12-25-48(47)50)44-29-28-39-18-7-8-20-41(39)34-44/h1-36H. The van der Waals surface area contributed by atoms with Crippen molar-refractivity contribution in [1.29, 1.82) is 0 Å². The molecule has 0 saturated carbocycles. The molecule has 0 aliphatic carbocycles. The molecule has 0 bridgehead atoms. The van der Waals surface area contributed by atoms with E-state index in [1.54, 1.807) is 0 Å². The third-order valence-electron chi connectivity index (χ3n) is 11.6. The molecule has 0 nitrogen and oxygen atoms in total. The minimum atomic E-state index is 1.21. The molecule has 0 radical (unpaired) electrons. The van der Waals surface area contributed by atoms with Gasteiger partial charge in [0.15, 0.2) is 0 Å². The maximum Gasteiger partial charge on any atom is -0.00197 e. The van der Waals surface area contributed by atoms with Crippen LogP contribution in [0.2, 0.25) is 0 Å². The van der Waals surface area contributed by atoms with Crippen LogP contribution in [0, 0.1) is 0 Å². The summed E-state index contributed by atoms with van der Waals surface area (Å²) >= 11 is 0. The van der Waals surface area contributed by atoms with E-state index in [9.17, 15) is 0 Å². The average Bonchev–Trinajstić information content (AvgIpc) is 3.28. The van der Waals surface area contributed by atoms with Gasteiger partial charge in [0, 0.05) is 0 Å². The van der Waals surface area contributed by atoms with Crippen molar-refractivity contribution in [2.75, 3.05) is 0 Å². The van der Waals surface area contributed by atoms with E-state index in [0.717, 1.165) is 0 Å². The second-order valence-corrected chi connectivity index (χ2v) is 14.8. The number of rotatable bonds is 5. The Bertz CT molecular complexity index is 3180. The van der Waals surface area contributed by atoms with E-state index in [1.807, 2.05) is 0 Å². The first kappa shape index (κ1) is 32.2. The molecular formula is C56H36. The van der Waals surface area contributed by atoms with Gasteiger partial charge in [-0.05, 0) is 128 Å². The largest absolute Gasteiger partial charge is 0.0622 e. The minimum absolute atomic E-state index is 1.21. The summed E-state index contributed by atoms with van der Waals surface area (Å²) in [5.41, 5.74) is 12.3.